The Labute approximate surface area is 227 Å². The fourth-order valence-electron chi connectivity index (χ4n) is 7.02. The third kappa shape index (κ3) is 2.61. The van der Waals surface area contributed by atoms with E-state index in [-0.39, 0.29) is 10.8 Å². The summed E-state index contributed by atoms with van der Waals surface area (Å²) in [6, 6.07) is 38.3. The number of nitrogens with zero attached hydrogens (tertiary/aromatic N) is 1. The lowest BCUT2D eigenvalue weighted by molar-refractivity contribution is 0.301. The number of hydrogen-bond donors (Lipinski definition) is 0. The lowest BCUT2D eigenvalue weighted by Crippen LogP contribution is -2.43. The molecule has 184 valence electrons. The van der Waals surface area contributed by atoms with Gasteiger partial charge in [0.2, 0.25) is 0 Å². The van der Waals surface area contributed by atoms with E-state index in [2.05, 4.69) is 135 Å². The molecule has 7 aromatic rings. The van der Waals surface area contributed by atoms with Crippen molar-refractivity contribution in [2.45, 2.75) is 38.5 Å². The fourth-order valence-corrected chi connectivity index (χ4v) is 8.23. The van der Waals surface area contributed by atoms with E-state index in [1.54, 1.807) is 0 Å². The first-order valence-corrected chi connectivity index (χ1v) is 14.3. The van der Waals surface area contributed by atoms with Gasteiger partial charge in [-0.1, -0.05) is 107 Å². The second-order valence-electron chi connectivity index (χ2n) is 11.8. The quantitative estimate of drug-likeness (QED) is 0.208. The summed E-state index contributed by atoms with van der Waals surface area (Å²) < 4.78 is 5.20. The second-order valence-corrected chi connectivity index (χ2v) is 12.8. The zero-order valence-corrected chi connectivity index (χ0v) is 23.0. The second kappa shape index (κ2) is 7.36. The molecule has 0 N–H and O–H groups in total. The minimum Gasteiger partial charge on any atom is -0.308 e. The van der Waals surface area contributed by atoms with Gasteiger partial charge in [-0.25, -0.2) is 0 Å². The van der Waals surface area contributed by atoms with Crippen molar-refractivity contribution in [3.8, 4) is 16.8 Å². The Hall–Kier alpha value is -3.88. The molecule has 0 saturated heterocycles. The number of thiophene rings is 1. The van der Waals surface area contributed by atoms with Crippen LogP contribution in [-0.2, 0) is 10.8 Å². The average Bonchev–Trinajstić information content (AvgIpc) is 3.48. The minimum atomic E-state index is -0.0347. The van der Waals surface area contributed by atoms with Crippen LogP contribution in [0.3, 0.4) is 0 Å². The van der Waals surface area contributed by atoms with E-state index in [1.165, 1.54) is 69.9 Å². The molecule has 0 saturated carbocycles. The summed E-state index contributed by atoms with van der Waals surface area (Å²) in [7, 11) is 0. The molecule has 0 radical (unpaired) electrons. The molecule has 1 nitrogen and oxygen atoms in total. The molecular formula is C36H29NS. The molecule has 0 atom stereocenters. The highest BCUT2D eigenvalue weighted by atomic mass is 32.1. The van der Waals surface area contributed by atoms with Crippen LogP contribution < -0.4 is 0 Å². The first-order chi connectivity index (χ1) is 18.4. The number of rotatable bonds is 1. The van der Waals surface area contributed by atoms with Crippen molar-refractivity contribution in [3.05, 3.63) is 114 Å². The molecule has 38 heavy (non-hydrogen) atoms. The van der Waals surface area contributed by atoms with Gasteiger partial charge in [0, 0.05) is 31.7 Å². The van der Waals surface area contributed by atoms with Gasteiger partial charge in [0.25, 0.3) is 0 Å². The van der Waals surface area contributed by atoms with Gasteiger partial charge < -0.3 is 4.57 Å². The van der Waals surface area contributed by atoms with E-state index < -0.39 is 0 Å². The van der Waals surface area contributed by atoms with Crippen molar-refractivity contribution >= 4 is 53.3 Å². The predicted octanol–water partition coefficient (Wildman–Crippen LogP) is 10.4. The van der Waals surface area contributed by atoms with Crippen LogP contribution in [0.1, 0.15) is 38.8 Å². The van der Waals surface area contributed by atoms with Gasteiger partial charge >= 0.3 is 0 Å². The van der Waals surface area contributed by atoms with Gasteiger partial charge in [-0.2, -0.15) is 0 Å². The van der Waals surface area contributed by atoms with Crippen LogP contribution in [0.4, 0.5) is 0 Å². The molecule has 0 bridgehead atoms. The monoisotopic (exact) mass is 507 g/mol. The van der Waals surface area contributed by atoms with Gasteiger partial charge in [0.05, 0.1) is 21.4 Å². The van der Waals surface area contributed by atoms with Crippen molar-refractivity contribution in [1.29, 1.82) is 0 Å². The first kappa shape index (κ1) is 22.1. The van der Waals surface area contributed by atoms with Crippen molar-refractivity contribution < 1.29 is 0 Å². The molecule has 2 aromatic heterocycles. The van der Waals surface area contributed by atoms with Crippen LogP contribution in [0.25, 0.3) is 58.8 Å². The summed E-state index contributed by atoms with van der Waals surface area (Å²) in [5, 5.41) is 5.40. The summed E-state index contributed by atoms with van der Waals surface area (Å²) in [5.41, 5.74) is 9.46. The van der Waals surface area contributed by atoms with Crippen LogP contribution >= 0.6 is 11.3 Å². The van der Waals surface area contributed by atoms with Crippen LogP contribution in [0.15, 0.2) is 103 Å². The summed E-state index contributed by atoms with van der Waals surface area (Å²) in [6.45, 7) is 9.74. The van der Waals surface area contributed by atoms with Crippen LogP contribution in [0, 0.1) is 0 Å². The normalized spacial score (nSPS) is 15.8. The van der Waals surface area contributed by atoms with Crippen molar-refractivity contribution in [2.24, 2.45) is 0 Å². The summed E-state index contributed by atoms with van der Waals surface area (Å²) >= 11 is 1.94. The summed E-state index contributed by atoms with van der Waals surface area (Å²) in [4.78, 5) is 0. The van der Waals surface area contributed by atoms with E-state index >= 15 is 0 Å². The van der Waals surface area contributed by atoms with E-state index in [1.807, 2.05) is 11.3 Å². The third-order valence-electron chi connectivity index (χ3n) is 9.54. The zero-order chi connectivity index (χ0) is 25.8. The Morgan fingerprint density at radius 2 is 1.18 bits per heavy atom. The molecule has 1 aliphatic carbocycles. The predicted molar refractivity (Wildman–Crippen MR) is 165 cm³/mol. The molecule has 0 aliphatic heterocycles. The smallest absolute Gasteiger partial charge is 0.0640 e. The Morgan fingerprint density at radius 1 is 0.553 bits per heavy atom. The number of aromatic nitrogens is 1. The average molecular weight is 508 g/mol. The molecule has 2 heterocycles. The van der Waals surface area contributed by atoms with Gasteiger partial charge in [0.15, 0.2) is 0 Å². The summed E-state index contributed by atoms with van der Waals surface area (Å²) in [6.07, 6.45) is 0. The fraction of sp³-hybridized carbons (Fsp3) is 0.167. The minimum absolute atomic E-state index is 0.00355. The standard InChI is InChI=1S/C36H29NS/c1-35(2)27-16-8-5-12-22(27)25-20-21-31-32(33(25)36(35,3)4)26-15-11-19-30(34(26)38-31)37-28-17-9-6-13-23(28)24-14-7-10-18-29(24)37/h5-21H,1-4H3. The number of hydrogen-bond acceptors (Lipinski definition) is 1. The molecule has 0 unspecified atom stereocenters. The van der Waals surface area contributed by atoms with Gasteiger partial charge in [-0.3, -0.25) is 0 Å². The molecule has 1 aliphatic rings. The van der Waals surface area contributed by atoms with Crippen LogP contribution in [0.5, 0.6) is 0 Å². The number of para-hydroxylation sites is 2. The van der Waals surface area contributed by atoms with Gasteiger partial charge in [-0.05, 0) is 51.9 Å². The molecule has 2 heteroatoms. The Morgan fingerprint density at radius 3 is 1.92 bits per heavy atom. The highest BCUT2D eigenvalue weighted by Crippen LogP contribution is 2.57. The molecular weight excluding hydrogens is 478 g/mol. The molecule has 8 rings (SSSR count). The summed E-state index contributed by atoms with van der Waals surface area (Å²) in [5.74, 6) is 0. The van der Waals surface area contributed by atoms with Crippen molar-refractivity contribution in [1.82, 2.24) is 4.57 Å². The van der Waals surface area contributed by atoms with Crippen LogP contribution in [-0.4, -0.2) is 4.57 Å². The molecule has 0 fully saturated rings. The largest absolute Gasteiger partial charge is 0.308 e. The van der Waals surface area contributed by atoms with E-state index in [9.17, 15) is 0 Å². The maximum atomic E-state index is 2.47. The third-order valence-corrected chi connectivity index (χ3v) is 10.7. The lowest BCUT2D eigenvalue weighted by atomic mass is 9.55. The molecule has 0 amide bonds. The first-order valence-electron chi connectivity index (χ1n) is 13.5. The van der Waals surface area contributed by atoms with E-state index in [0.29, 0.717) is 0 Å². The van der Waals surface area contributed by atoms with Gasteiger partial charge in [0.1, 0.15) is 0 Å². The highest BCUT2D eigenvalue weighted by Gasteiger charge is 2.46. The Kier molecular flexibility index (Phi) is 4.29. The van der Waals surface area contributed by atoms with Crippen molar-refractivity contribution in [2.75, 3.05) is 0 Å². The van der Waals surface area contributed by atoms with Crippen molar-refractivity contribution in [3.63, 3.8) is 0 Å². The lowest BCUT2D eigenvalue weighted by Gasteiger charge is -2.48. The van der Waals surface area contributed by atoms with Gasteiger partial charge in [-0.15, -0.1) is 11.3 Å². The number of benzene rings is 5. The number of fused-ring (bicyclic) bond motifs is 10. The SMILES string of the molecule is CC1(C)c2ccccc2-c2ccc3sc4c(-n5c6ccccc6c6ccccc65)cccc4c3c2C1(C)C. The Bertz CT molecular complexity index is 2030. The maximum absolute atomic E-state index is 2.47. The molecule has 5 aromatic carbocycles. The molecule has 0 spiro atoms. The maximum Gasteiger partial charge on any atom is 0.0640 e. The topological polar surface area (TPSA) is 4.93 Å². The van der Waals surface area contributed by atoms with E-state index in [4.69, 9.17) is 0 Å². The zero-order valence-electron chi connectivity index (χ0n) is 22.2. The highest BCUT2D eigenvalue weighted by molar-refractivity contribution is 7.26. The van der Waals surface area contributed by atoms with E-state index in [0.717, 1.165) is 0 Å². The Balaban J connectivity index is 1.52. The van der Waals surface area contributed by atoms with Crippen LogP contribution in [0.2, 0.25) is 0 Å².